The quantitative estimate of drug-likeness (QED) is 0.779. The van der Waals surface area contributed by atoms with E-state index in [2.05, 4.69) is 5.32 Å². The van der Waals surface area contributed by atoms with Gasteiger partial charge < -0.3 is 11.1 Å². The number of hydrogen-bond donors (Lipinski definition) is 2. The molecule has 0 aliphatic carbocycles. The Morgan fingerprint density at radius 3 is 3.00 bits per heavy atom. The highest BCUT2D eigenvalue weighted by molar-refractivity contribution is 8.00. The Kier molecular flexibility index (Phi) is 3.33. The predicted molar refractivity (Wildman–Crippen MR) is 64.9 cm³/mol. The van der Waals surface area contributed by atoms with Crippen LogP contribution < -0.4 is 11.1 Å². The smallest absolute Gasteiger partial charge is 0.237 e. The van der Waals surface area contributed by atoms with Gasteiger partial charge in [-0.2, -0.15) is 0 Å². The third-order valence-electron chi connectivity index (χ3n) is 2.47. The molecule has 3 N–H and O–H groups in total. The first-order chi connectivity index (χ1) is 7.66. The highest BCUT2D eigenvalue weighted by Gasteiger charge is 2.23. The topological polar surface area (TPSA) is 55.1 Å². The summed E-state index contributed by atoms with van der Waals surface area (Å²) in [5, 5.41) is 2.54. The van der Waals surface area contributed by atoms with E-state index in [9.17, 15) is 9.18 Å². The molecular formula is C11H13FN2OS. The first-order valence-corrected chi connectivity index (χ1v) is 6.19. The van der Waals surface area contributed by atoms with Gasteiger partial charge in [-0.05, 0) is 36.8 Å². The Morgan fingerprint density at radius 2 is 2.38 bits per heavy atom. The molecule has 1 aromatic rings. The maximum atomic E-state index is 13.4. The predicted octanol–water partition coefficient (Wildman–Crippen LogP) is 2.24. The molecule has 5 heteroatoms. The Hall–Kier alpha value is -1.23. The van der Waals surface area contributed by atoms with Crippen LogP contribution in [-0.4, -0.2) is 16.9 Å². The van der Waals surface area contributed by atoms with E-state index < -0.39 is 5.82 Å². The van der Waals surface area contributed by atoms with Gasteiger partial charge in [0.15, 0.2) is 0 Å². The number of benzene rings is 1. The van der Waals surface area contributed by atoms with Crippen LogP contribution in [0.2, 0.25) is 0 Å². The zero-order valence-corrected chi connectivity index (χ0v) is 9.52. The van der Waals surface area contributed by atoms with Gasteiger partial charge in [0.25, 0.3) is 0 Å². The van der Waals surface area contributed by atoms with Crippen molar-refractivity contribution in [3.05, 3.63) is 24.0 Å². The Balaban J connectivity index is 2.05. The zero-order chi connectivity index (χ0) is 11.5. The van der Waals surface area contributed by atoms with Crippen LogP contribution in [0.25, 0.3) is 0 Å². The summed E-state index contributed by atoms with van der Waals surface area (Å²) in [7, 11) is 0. The monoisotopic (exact) mass is 240 g/mol. The maximum Gasteiger partial charge on any atom is 0.237 e. The Labute approximate surface area is 97.6 Å². The molecule has 0 aromatic heterocycles. The molecule has 2 rings (SSSR count). The van der Waals surface area contributed by atoms with Crippen LogP contribution in [0.4, 0.5) is 15.8 Å². The standard InChI is InChI=1S/C11H13FN2OS/c12-8-6-7(13)3-4-9(8)14-11(15)10-2-1-5-16-10/h3-4,6,10H,1-2,5,13H2,(H,14,15). The van der Waals surface area contributed by atoms with Crippen molar-refractivity contribution in [3.63, 3.8) is 0 Å². The molecule has 0 saturated carbocycles. The normalized spacial score (nSPS) is 19.7. The van der Waals surface area contributed by atoms with Crippen molar-refractivity contribution < 1.29 is 9.18 Å². The van der Waals surface area contributed by atoms with Crippen molar-refractivity contribution in [3.8, 4) is 0 Å². The summed E-state index contributed by atoms with van der Waals surface area (Å²) in [5.41, 5.74) is 5.98. The number of amides is 1. The van der Waals surface area contributed by atoms with Gasteiger partial charge in [-0.25, -0.2) is 4.39 Å². The van der Waals surface area contributed by atoms with Gasteiger partial charge in [-0.1, -0.05) is 0 Å². The van der Waals surface area contributed by atoms with Crippen molar-refractivity contribution in [1.29, 1.82) is 0 Å². The van der Waals surface area contributed by atoms with Crippen molar-refractivity contribution in [2.45, 2.75) is 18.1 Å². The lowest BCUT2D eigenvalue weighted by atomic mass is 10.2. The molecule has 1 unspecified atom stereocenters. The minimum Gasteiger partial charge on any atom is -0.399 e. The summed E-state index contributed by atoms with van der Waals surface area (Å²) in [6.45, 7) is 0. The molecule has 0 bridgehead atoms. The number of hydrogen-bond acceptors (Lipinski definition) is 3. The third kappa shape index (κ3) is 2.47. The molecule has 16 heavy (non-hydrogen) atoms. The molecular weight excluding hydrogens is 227 g/mol. The molecule has 0 spiro atoms. The molecule has 1 saturated heterocycles. The lowest BCUT2D eigenvalue weighted by molar-refractivity contribution is -0.115. The average Bonchev–Trinajstić information content (AvgIpc) is 2.75. The number of nitrogens with one attached hydrogen (secondary N) is 1. The minimum absolute atomic E-state index is 0.0445. The molecule has 1 amide bonds. The van der Waals surface area contributed by atoms with E-state index in [1.54, 1.807) is 17.8 Å². The summed E-state index contributed by atoms with van der Waals surface area (Å²) in [5.74, 6) is 0.394. The van der Waals surface area contributed by atoms with E-state index in [0.29, 0.717) is 5.69 Å². The second kappa shape index (κ2) is 4.74. The van der Waals surface area contributed by atoms with Crippen molar-refractivity contribution >= 4 is 29.0 Å². The second-order valence-corrected chi connectivity index (χ2v) is 5.04. The second-order valence-electron chi connectivity index (χ2n) is 3.73. The van der Waals surface area contributed by atoms with Crippen molar-refractivity contribution in [2.24, 2.45) is 0 Å². The average molecular weight is 240 g/mol. The van der Waals surface area contributed by atoms with Gasteiger partial charge in [0, 0.05) is 5.69 Å². The summed E-state index contributed by atoms with van der Waals surface area (Å²) in [4.78, 5) is 11.7. The summed E-state index contributed by atoms with van der Waals surface area (Å²) in [6.07, 6.45) is 1.92. The lowest BCUT2D eigenvalue weighted by Crippen LogP contribution is -2.23. The highest BCUT2D eigenvalue weighted by atomic mass is 32.2. The van der Waals surface area contributed by atoms with Crippen LogP contribution in [-0.2, 0) is 4.79 Å². The minimum atomic E-state index is -0.489. The van der Waals surface area contributed by atoms with E-state index in [1.165, 1.54) is 12.1 Å². The number of carbonyl (C=O) groups excluding carboxylic acids is 1. The van der Waals surface area contributed by atoms with Crippen molar-refractivity contribution in [2.75, 3.05) is 16.8 Å². The van der Waals surface area contributed by atoms with Crippen LogP contribution in [0.1, 0.15) is 12.8 Å². The van der Waals surface area contributed by atoms with Crippen LogP contribution >= 0.6 is 11.8 Å². The van der Waals surface area contributed by atoms with Crippen molar-refractivity contribution in [1.82, 2.24) is 0 Å². The molecule has 0 radical (unpaired) electrons. The fourth-order valence-corrected chi connectivity index (χ4v) is 2.79. The molecule has 1 atom stereocenters. The van der Waals surface area contributed by atoms with Crippen LogP contribution in [0.5, 0.6) is 0 Å². The first kappa shape index (κ1) is 11.3. The molecule has 86 valence electrons. The molecule has 1 fully saturated rings. The van der Waals surface area contributed by atoms with Gasteiger partial charge >= 0.3 is 0 Å². The van der Waals surface area contributed by atoms with Gasteiger partial charge in [0.1, 0.15) is 5.82 Å². The van der Waals surface area contributed by atoms with Gasteiger partial charge in [0.05, 0.1) is 10.9 Å². The number of rotatable bonds is 2. The number of nitrogen functional groups attached to an aromatic ring is 1. The summed E-state index contributed by atoms with van der Waals surface area (Å²) >= 11 is 1.62. The first-order valence-electron chi connectivity index (χ1n) is 5.14. The van der Waals surface area contributed by atoms with Crippen LogP contribution in [0, 0.1) is 5.82 Å². The molecule has 1 aromatic carbocycles. The fourth-order valence-electron chi connectivity index (χ4n) is 1.63. The Morgan fingerprint density at radius 1 is 1.56 bits per heavy atom. The van der Waals surface area contributed by atoms with E-state index in [-0.39, 0.29) is 16.8 Å². The van der Waals surface area contributed by atoms with Gasteiger partial charge in [0.2, 0.25) is 5.91 Å². The van der Waals surface area contributed by atoms with E-state index in [0.717, 1.165) is 18.6 Å². The maximum absolute atomic E-state index is 13.4. The zero-order valence-electron chi connectivity index (χ0n) is 8.70. The highest BCUT2D eigenvalue weighted by Crippen LogP contribution is 2.27. The lowest BCUT2D eigenvalue weighted by Gasteiger charge is -2.10. The number of anilines is 2. The number of halogens is 1. The number of nitrogens with two attached hydrogens (primary N) is 1. The Bertz CT molecular complexity index is 405. The van der Waals surface area contributed by atoms with E-state index >= 15 is 0 Å². The molecule has 1 heterocycles. The third-order valence-corrected chi connectivity index (χ3v) is 3.85. The summed E-state index contributed by atoms with van der Waals surface area (Å²) < 4.78 is 13.4. The van der Waals surface area contributed by atoms with Gasteiger partial charge in [-0.15, -0.1) is 11.8 Å². The van der Waals surface area contributed by atoms with E-state index in [1.807, 2.05) is 0 Å². The summed E-state index contributed by atoms with van der Waals surface area (Å²) in [6, 6.07) is 4.26. The fraction of sp³-hybridized carbons (Fsp3) is 0.364. The molecule has 1 aliphatic rings. The van der Waals surface area contributed by atoms with Crippen LogP contribution in [0.3, 0.4) is 0 Å². The molecule has 1 aliphatic heterocycles. The SMILES string of the molecule is Nc1ccc(NC(=O)C2CCCS2)c(F)c1. The molecule has 3 nitrogen and oxygen atoms in total. The van der Waals surface area contributed by atoms with E-state index in [4.69, 9.17) is 5.73 Å². The number of carbonyl (C=O) groups is 1. The largest absolute Gasteiger partial charge is 0.399 e. The number of thioether (sulfide) groups is 1. The van der Waals surface area contributed by atoms with Crippen LogP contribution in [0.15, 0.2) is 18.2 Å². The van der Waals surface area contributed by atoms with Gasteiger partial charge in [-0.3, -0.25) is 4.79 Å².